The van der Waals surface area contributed by atoms with Crippen LogP contribution in [0.5, 0.6) is 0 Å². The number of hydrogen-bond acceptors (Lipinski definition) is 4. The van der Waals surface area contributed by atoms with E-state index in [9.17, 15) is 9.59 Å². The standard InChI is InChI=1S/C20H26ClN3O3/c1-13(24(10-11-27-3)19(25)14-6-4-5-7-14)18-22-17-9-8-15(21)12-16(17)20(26)23(18)2/h8-9,12-14H,4-7,10-11H2,1-3H3. The summed E-state index contributed by atoms with van der Waals surface area (Å²) in [5.41, 5.74) is 0.425. The van der Waals surface area contributed by atoms with Gasteiger partial charge in [-0.1, -0.05) is 24.4 Å². The van der Waals surface area contributed by atoms with E-state index in [2.05, 4.69) is 4.98 Å². The largest absolute Gasteiger partial charge is 0.383 e. The van der Waals surface area contributed by atoms with Gasteiger partial charge < -0.3 is 9.64 Å². The van der Waals surface area contributed by atoms with Gasteiger partial charge in [0.1, 0.15) is 5.82 Å². The van der Waals surface area contributed by atoms with Gasteiger partial charge in [0.05, 0.1) is 23.6 Å². The van der Waals surface area contributed by atoms with Crippen LogP contribution < -0.4 is 5.56 Å². The molecule has 2 aromatic rings. The highest BCUT2D eigenvalue weighted by Gasteiger charge is 2.31. The summed E-state index contributed by atoms with van der Waals surface area (Å²) in [4.78, 5) is 32.4. The second-order valence-corrected chi connectivity index (χ2v) is 7.61. The van der Waals surface area contributed by atoms with E-state index in [1.807, 2.05) is 11.8 Å². The van der Waals surface area contributed by atoms with Crippen molar-refractivity contribution in [2.24, 2.45) is 13.0 Å². The summed E-state index contributed by atoms with van der Waals surface area (Å²) in [5, 5.41) is 0.979. The molecule has 0 radical (unpaired) electrons. The zero-order valence-electron chi connectivity index (χ0n) is 16.1. The highest BCUT2D eigenvalue weighted by atomic mass is 35.5. The molecule has 27 heavy (non-hydrogen) atoms. The Kier molecular flexibility index (Phi) is 6.17. The van der Waals surface area contributed by atoms with E-state index in [1.54, 1.807) is 32.4 Å². The van der Waals surface area contributed by atoms with E-state index in [0.717, 1.165) is 25.7 Å². The van der Waals surface area contributed by atoms with E-state index in [4.69, 9.17) is 16.3 Å². The van der Waals surface area contributed by atoms with Gasteiger partial charge in [-0.3, -0.25) is 14.2 Å². The molecule has 1 aliphatic carbocycles. The molecular weight excluding hydrogens is 366 g/mol. The van der Waals surface area contributed by atoms with E-state index in [1.165, 1.54) is 4.57 Å². The summed E-state index contributed by atoms with van der Waals surface area (Å²) in [7, 11) is 3.31. The molecule has 0 aliphatic heterocycles. The topological polar surface area (TPSA) is 64.4 Å². The second-order valence-electron chi connectivity index (χ2n) is 7.18. The summed E-state index contributed by atoms with van der Waals surface area (Å²) in [5.74, 6) is 0.750. The van der Waals surface area contributed by atoms with Gasteiger partial charge >= 0.3 is 0 Å². The third-order valence-corrected chi connectivity index (χ3v) is 5.67. The number of aromatic nitrogens is 2. The number of rotatable bonds is 6. The summed E-state index contributed by atoms with van der Waals surface area (Å²) in [6.07, 6.45) is 4.04. The third-order valence-electron chi connectivity index (χ3n) is 5.44. The van der Waals surface area contributed by atoms with E-state index in [0.29, 0.717) is 34.9 Å². The number of carbonyl (C=O) groups is 1. The molecule has 1 unspecified atom stereocenters. The maximum absolute atomic E-state index is 13.1. The van der Waals surface area contributed by atoms with Crippen molar-refractivity contribution in [3.63, 3.8) is 0 Å². The minimum atomic E-state index is -0.328. The highest BCUT2D eigenvalue weighted by molar-refractivity contribution is 6.31. The Morgan fingerprint density at radius 1 is 1.41 bits per heavy atom. The Balaban J connectivity index is 2.00. The maximum atomic E-state index is 13.1. The Morgan fingerprint density at radius 2 is 2.11 bits per heavy atom. The Bertz CT molecular complexity index is 890. The third kappa shape index (κ3) is 4.01. The molecule has 1 aromatic heterocycles. The average Bonchev–Trinajstić information content (AvgIpc) is 3.19. The van der Waals surface area contributed by atoms with Crippen molar-refractivity contribution in [2.45, 2.75) is 38.6 Å². The van der Waals surface area contributed by atoms with Gasteiger partial charge in [0, 0.05) is 31.6 Å². The maximum Gasteiger partial charge on any atom is 0.261 e. The minimum absolute atomic E-state index is 0.0561. The van der Waals surface area contributed by atoms with Crippen LogP contribution in [0.25, 0.3) is 10.9 Å². The van der Waals surface area contributed by atoms with Crippen LogP contribution in [-0.4, -0.2) is 40.6 Å². The number of fused-ring (bicyclic) bond motifs is 1. The number of hydrogen-bond donors (Lipinski definition) is 0. The van der Waals surface area contributed by atoms with Gasteiger partial charge in [-0.15, -0.1) is 0 Å². The van der Waals surface area contributed by atoms with E-state index < -0.39 is 0 Å². The van der Waals surface area contributed by atoms with Crippen LogP contribution >= 0.6 is 11.6 Å². The quantitative estimate of drug-likeness (QED) is 0.757. The molecule has 1 atom stereocenters. The molecule has 7 heteroatoms. The lowest BCUT2D eigenvalue weighted by atomic mass is 10.1. The smallest absolute Gasteiger partial charge is 0.261 e. The number of ether oxygens (including phenoxy) is 1. The first-order chi connectivity index (χ1) is 12.9. The van der Waals surface area contributed by atoms with Gasteiger partial charge in [0.25, 0.3) is 5.56 Å². The summed E-state index contributed by atoms with van der Waals surface area (Å²) >= 11 is 6.02. The SMILES string of the molecule is COCCN(C(=O)C1CCCC1)C(C)c1nc2ccc(Cl)cc2c(=O)n1C. The van der Waals surface area contributed by atoms with Crippen LogP contribution in [0.1, 0.15) is 44.5 Å². The number of nitrogens with zero attached hydrogens (tertiary/aromatic N) is 3. The lowest BCUT2D eigenvalue weighted by molar-refractivity contribution is -0.138. The van der Waals surface area contributed by atoms with Gasteiger partial charge in [-0.2, -0.15) is 0 Å². The fraction of sp³-hybridized carbons (Fsp3) is 0.550. The number of amides is 1. The fourth-order valence-electron chi connectivity index (χ4n) is 3.86. The van der Waals surface area contributed by atoms with Crippen LogP contribution in [0.3, 0.4) is 0 Å². The molecule has 6 nitrogen and oxygen atoms in total. The first-order valence-corrected chi connectivity index (χ1v) is 9.77. The van der Waals surface area contributed by atoms with E-state index in [-0.39, 0.29) is 23.4 Å². The molecule has 3 rings (SSSR count). The van der Waals surface area contributed by atoms with Crippen LogP contribution in [0.15, 0.2) is 23.0 Å². The molecular formula is C20H26ClN3O3. The molecule has 1 aromatic carbocycles. The Morgan fingerprint density at radius 3 is 2.78 bits per heavy atom. The van der Waals surface area contributed by atoms with Crippen molar-refractivity contribution in [1.82, 2.24) is 14.5 Å². The zero-order chi connectivity index (χ0) is 19.6. The van der Waals surface area contributed by atoms with Crippen molar-refractivity contribution >= 4 is 28.4 Å². The molecule has 1 saturated carbocycles. The molecule has 1 amide bonds. The zero-order valence-corrected chi connectivity index (χ0v) is 16.8. The summed E-state index contributed by atoms with van der Waals surface area (Å²) in [6, 6.07) is 4.77. The van der Waals surface area contributed by atoms with Crippen molar-refractivity contribution in [2.75, 3.05) is 20.3 Å². The van der Waals surface area contributed by atoms with Gasteiger partial charge in [-0.25, -0.2) is 4.98 Å². The average molecular weight is 392 g/mol. The molecule has 1 heterocycles. The number of carbonyl (C=O) groups excluding carboxylic acids is 1. The van der Waals surface area contributed by atoms with E-state index >= 15 is 0 Å². The van der Waals surface area contributed by atoms with Gasteiger partial charge in [-0.05, 0) is 38.0 Å². The van der Waals surface area contributed by atoms with Crippen molar-refractivity contribution in [1.29, 1.82) is 0 Å². The van der Waals surface area contributed by atoms with Crippen LogP contribution in [0.2, 0.25) is 5.02 Å². The number of halogens is 1. The summed E-state index contributed by atoms with van der Waals surface area (Å²) in [6.45, 7) is 2.84. The van der Waals surface area contributed by atoms with Gasteiger partial charge in [0.15, 0.2) is 0 Å². The van der Waals surface area contributed by atoms with Gasteiger partial charge in [0.2, 0.25) is 5.91 Å². The van der Waals surface area contributed by atoms with Crippen LogP contribution in [0.4, 0.5) is 0 Å². The van der Waals surface area contributed by atoms with Crippen LogP contribution in [0, 0.1) is 5.92 Å². The summed E-state index contributed by atoms with van der Waals surface area (Å²) < 4.78 is 6.73. The lowest BCUT2D eigenvalue weighted by Gasteiger charge is -2.31. The molecule has 0 spiro atoms. The Hall–Kier alpha value is -1.92. The lowest BCUT2D eigenvalue weighted by Crippen LogP contribution is -2.41. The molecule has 0 N–H and O–H groups in total. The van der Waals surface area contributed by atoms with Crippen LogP contribution in [-0.2, 0) is 16.6 Å². The first kappa shape index (κ1) is 19.8. The normalized spacial score (nSPS) is 16.0. The van der Waals surface area contributed by atoms with Crippen molar-refractivity contribution in [3.8, 4) is 0 Å². The predicted molar refractivity (Wildman–Crippen MR) is 106 cm³/mol. The number of methoxy groups -OCH3 is 1. The minimum Gasteiger partial charge on any atom is -0.383 e. The fourth-order valence-corrected chi connectivity index (χ4v) is 4.04. The van der Waals surface area contributed by atoms with Crippen molar-refractivity contribution < 1.29 is 9.53 Å². The van der Waals surface area contributed by atoms with Crippen molar-refractivity contribution in [3.05, 3.63) is 39.4 Å². The monoisotopic (exact) mass is 391 g/mol. The Labute approximate surface area is 164 Å². The highest BCUT2D eigenvalue weighted by Crippen LogP contribution is 2.30. The molecule has 0 bridgehead atoms. The second kappa shape index (κ2) is 8.40. The first-order valence-electron chi connectivity index (χ1n) is 9.39. The molecule has 1 aliphatic rings. The predicted octanol–water partition coefficient (Wildman–Crippen LogP) is 3.31. The molecule has 0 saturated heterocycles. The molecule has 1 fully saturated rings. The number of benzene rings is 1. The molecule has 146 valence electrons.